The van der Waals surface area contributed by atoms with Crippen LogP contribution in [0.1, 0.15) is 10.4 Å². The highest BCUT2D eigenvalue weighted by molar-refractivity contribution is 14.1. The summed E-state index contributed by atoms with van der Waals surface area (Å²) in [6.07, 6.45) is 0.781. The lowest BCUT2D eigenvalue weighted by molar-refractivity contribution is 0.112. The molecule has 0 N–H and O–H groups in total. The van der Waals surface area contributed by atoms with Gasteiger partial charge in [-0.2, -0.15) is 0 Å². The van der Waals surface area contributed by atoms with E-state index in [0.29, 0.717) is 30.3 Å². The quantitative estimate of drug-likeness (QED) is 0.454. The Bertz CT molecular complexity index is 365. The van der Waals surface area contributed by atoms with Crippen molar-refractivity contribution in [3.63, 3.8) is 0 Å². The Hall–Kier alpha value is -0.820. The smallest absolute Gasteiger partial charge is 0.174 e. The Kier molecular flexibility index (Phi) is 5.54. The molecule has 0 spiro atoms. The van der Waals surface area contributed by atoms with E-state index in [9.17, 15) is 4.79 Å². The first-order valence-corrected chi connectivity index (χ1v) is 5.75. The van der Waals surface area contributed by atoms with E-state index in [2.05, 4.69) is 22.6 Å². The number of methoxy groups -OCH3 is 2. The van der Waals surface area contributed by atoms with Crippen LogP contribution in [0.4, 0.5) is 0 Å². The van der Waals surface area contributed by atoms with Crippen LogP contribution in [-0.2, 0) is 4.74 Å². The van der Waals surface area contributed by atoms with Crippen molar-refractivity contribution in [2.24, 2.45) is 0 Å². The van der Waals surface area contributed by atoms with Gasteiger partial charge in [0.15, 0.2) is 11.5 Å². The van der Waals surface area contributed by atoms with Crippen LogP contribution >= 0.6 is 22.6 Å². The van der Waals surface area contributed by atoms with Gasteiger partial charge in [-0.25, -0.2) is 0 Å². The van der Waals surface area contributed by atoms with E-state index in [1.807, 2.05) is 0 Å². The molecule has 0 atom stereocenters. The minimum Gasteiger partial charge on any atom is -0.493 e. The van der Waals surface area contributed by atoms with Gasteiger partial charge in [-0.15, -0.1) is 0 Å². The SMILES string of the molecule is COCCOc1c(I)cc(C=O)cc1OC. The third-order valence-corrected chi connectivity index (χ3v) is 2.72. The lowest BCUT2D eigenvalue weighted by Crippen LogP contribution is -2.06. The summed E-state index contributed by atoms with van der Waals surface area (Å²) in [5, 5.41) is 0. The molecule has 0 aliphatic heterocycles. The fraction of sp³-hybridized carbons (Fsp3) is 0.364. The minimum absolute atomic E-state index is 0.448. The maximum atomic E-state index is 10.7. The first kappa shape index (κ1) is 13.2. The van der Waals surface area contributed by atoms with Crippen LogP contribution in [0.15, 0.2) is 12.1 Å². The summed E-state index contributed by atoms with van der Waals surface area (Å²) in [5.74, 6) is 1.20. The highest BCUT2D eigenvalue weighted by Crippen LogP contribution is 2.33. The number of hydrogen-bond donors (Lipinski definition) is 0. The van der Waals surface area contributed by atoms with Crippen molar-refractivity contribution in [3.8, 4) is 11.5 Å². The molecule has 5 heteroatoms. The van der Waals surface area contributed by atoms with Crippen LogP contribution in [0, 0.1) is 3.57 Å². The number of hydrogen-bond acceptors (Lipinski definition) is 4. The zero-order valence-electron chi connectivity index (χ0n) is 9.16. The molecule has 0 saturated carbocycles. The molecule has 16 heavy (non-hydrogen) atoms. The van der Waals surface area contributed by atoms with Crippen LogP contribution < -0.4 is 9.47 Å². The summed E-state index contributed by atoms with van der Waals surface area (Å²) in [7, 11) is 3.16. The Morgan fingerprint density at radius 2 is 2.06 bits per heavy atom. The van der Waals surface area contributed by atoms with Crippen LogP contribution in [-0.4, -0.2) is 33.7 Å². The van der Waals surface area contributed by atoms with Crippen molar-refractivity contribution >= 4 is 28.9 Å². The molecule has 0 heterocycles. The van der Waals surface area contributed by atoms with Gasteiger partial charge in [0, 0.05) is 12.7 Å². The molecular formula is C11H13IO4. The van der Waals surface area contributed by atoms with Crippen molar-refractivity contribution in [2.45, 2.75) is 0 Å². The Morgan fingerprint density at radius 1 is 1.31 bits per heavy atom. The third-order valence-electron chi connectivity index (χ3n) is 1.92. The lowest BCUT2D eigenvalue weighted by Gasteiger charge is -2.12. The molecule has 0 unspecified atom stereocenters. The molecular weight excluding hydrogens is 323 g/mol. The number of ether oxygens (including phenoxy) is 3. The highest BCUT2D eigenvalue weighted by Gasteiger charge is 2.11. The largest absolute Gasteiger partial charge is 0.493 e. The van der Waals surface area contributed by atoms with Crippen LogP contribution in [0.2, 0.25) is 0 Å². The van der Waals surface area contributed by atoms with Gasteiger partial charge in [0.2, 0.25) is 0 Å². The van der Waals surface area contributed by atoms with Gasteiger partial charge in [-0.3, -0.25) is 4.79 Å². The van der Waals surface area contributed by atoms with E-state index in [1.165, 1.54) is 0 Å². The number of carbonyl (C=O) groups is 1. The standard InChI is InChI=1S/C11H13IO4/c1-14-3-4-16-11-9(12)5-8(7-13)6-10(11)15-2/h5-7H,3-4H2,1-2H3. The monoisotopic (exact) mass is 336 g/mol. The number of benzene rings is 1. The summed E-state index contributed by atoms with van der Waals surface area (Å²) in [6, 6.07) is 3.40. The summed E-state index contributed by atoms with van der Waals surface area (Å²) in [4.78, 5) is 10.7. The highest BCUT2D eigenvalue weighted by atomic mass is 127. The molecule has 0 aromatic heterocycles. The van der Waals surface area contributed by atoms with Gasteiger partial charge in [0.05, 0.1) is 17.3 Å². The molecule has 88 valence electrons. The molecule has 1 aromatic rings. The van der Waals surface area contributed by atoms with Crippen molar-refractivity contribution in [1.82, 2.24) is 0 Å². The van der Waals surface area contributed by atoms with Crippen molar-refractivity contribution in [2.75, 3.05) is 27.4 Å². The van der Waals surface area contributed by atoms with Crippen molar-refractivity contribution < 1.29 is 19.0 Å². The maximum Gasteiger partial charge on any atom is 0.174 e. The van der Waals surface area contributed by atoms with E-state index >= 15 is 0 Å². The van der Waals surface area contributed by atoms with Crippen molar-refractivity contribution in [3.05, 3.63) is 21.3 Å². The zero-order chi connectivity index (χ0) is 12.0. The van der Waals surface area contributed by atoms with Crippen molar-refractivity contribution in [1.29, 1.82) is 0 Å². The zero-order valence-corrected chi connectivity index (χ0v) is 11.3. The van der Waals surface area contributed by atoms with Gasteiger partial charge < -0.3 is 14.2 Å². The molecule has 1 aromatic carbocycles. The Balaban J connectivity index is 2.92. The van der Waals surface area contributed by atoms with Gasteiger partial charge in [0.25, 0.3) is 0 Å². The third kappa shape index (κ3) is 3.34. The molecule has 1 rings (SSSR count). The topological polar surface area (TPSA) is 44.8 Å². The summed E-state index contributed by atoms with van der Waals surface area (Å²) in [5.41, 5.74) is 0.570. The van der Waals surface area contributed by atoms with Crippen LogP contribution in [0.5, 0.6) is 11.5 Å². The van der Waals surface area contributed by atoms with Crippen LogP contribution in [0.3, 0.4) is 0 Å². The Morgan fingerprint density at radius 3 is 2.62 bits per heavy atom. The summed E-state index contributed by atoms with van der Waals surface area (Å²) < 4.78 is 16.4. The lowest BCUT2D eigenvalue weighted by atomic mass is 10.2. The number of aldehydes is 1. The van der Waals surface area contributed by atoms with E-state index in [4.69, 9.17) is 14.2 Å². The first-order chi connectivity index (χ1) is 7.72. The average molecular weight is 336 g/mol. The van der Waals surface area contributed by atoms with E-state index in [0.717, 1.165) is 9.86 Å². The molecule has 0 radical (unpaired) electrons. The molecule has 0 amide bonds. The maximum absolute atomic E-state index is 10.7. The number of halogens is 1. The fourth-order valence-electron chi connectivity index (χ4n) is 1.17. The molecule has 4 nitrogen and oxygen atoms in total. The minimum atomic E-state index is 0.448. The van der Waals surface area contributed by atoms with Gasteiger partial charge in [0.1, 0.15) is 12.9 Å². The molecule has 0 aliphatic carbocycles. The second-order valence-corrected chi connectivity index (χ2v) is 4.16. The summed E-state index contributed by atoms with van der Waals surface area (Å²) >= 11 is 2.11. The second kappa shape index (κ2) is 6.70. The molecule has 0 saturated heterocycles. The number of rotatable bonds is 6. The fourth-order valence-corrected chi connectivity index (χ4v) is 1.96. The predicted molar refractivity (Wildman–Crippen MR) is 68.5 cm³/mol. The van der Waals surface area contributed by atoms with E-state index in [-0.39, 0.29) is 0 Å². The molecule has 0 aliphatic rings. The van der Waals surface area contributed by atoms with Crippen LogP contribution in [0.25, 0.3) is 0 Å². The number of carbonyl (C=O) groups excluding carboxylic acids is 1. The normalized spacial score (nSPS) is 9.94. The van der Waals surface area contributed by atoms with Gasteiger partial charge in [-0.1, -0.05) is 0 Å². The Labute approximate surface area is 108 Å². The first-order valence-electron chi connectivity index (χ1n) is 4.67. The average Bonchev–Trinajstić information content (AvgIpc) is 2.30. The summed E-state index contributed by atoms with van der Waals surface area (Å²) in [6.45, 7) is 0.956. The van der Waals surface area contributed by atoms with E-state index in [1.54, 1.807) is 26.4 Å². The van der Waals surface area contributed by atoms with E-state index < -0.39 is 0 Å². The van der Waals surface area contributed by atoms with Gasteiger partial charge >= 0.3 is 0 Å². The molecule has 0 bridgehead atoms. The predicted octanol–water partition coefficient (Wildman–Crippen LogP) is 2.14. The molecule has 0 fully saturated rings. The second-order valence-electron chi connectivity index (χ2n) is 2.99. The van der Waals surface area contributed by atoms with Gasteiger partial charge in [-0.05, 0) is 34.7 Å².